The van der Waals surface area contributed by atoms with Crippen molar-refractivity contribution in [3.63, 3.8) is 0 Å². The molecule has 0 aromatic heterocycles. The number of carbonyl (C=O) groups is 2. The van der Waals surface area contributed by atoms with Crippen molar-refractivity contribution in [1.82, 2.24) is 5.32 Å². The van der Waals surface area contributed by atoms with E-state index in [2.05, 4.69) is 21.2 Å². The second-order valence-corrected chi connectivity index (χ2v) is 5.53. The maximum absolute atomic E-state index is 12.0. The molecule has 0 spiro atoms. The number of amides is 2. The van der Waals surface area contributed by atoms with Gasteiger partial charge >= 0.3 is 0 Å². The smallest absolute Gasteiger partial charge is 0.251 e. The zero-order valence-electron chi connectivity index (χ0n) is 9.86. The topological polar surface area (TPSA) is 72.2 Å². The van der Waals surface area contributed by atoms with Crippen LogP contribution in [0.25, 0.3) is 0 Å². The van der Waals surface area contributed by atoms with Crippen molar-refractivity contribution in [2.75, 3.05) is 0 Å². The summed E-state index contributed by atoms with van der Waals surface area (Å²) in [6.07, 6.45) is 2.89. The molecule has 1 aromatic rings. The molecule has 0 heterocycles. The molecular weight excluding hydrogens is 296 g/mol. The minimum Gasteiger partial charge on any atom is -0.368 e. The Morgan fingerprint density at radius 2 is 2.17 bits per heavy atom. The predicted molar refractivity (Wildman–Crippen MR) is 71.9 cm³/mol. The molecule has 0 unspecified atom stereocenters. The van der Waals surface area contributed by atoms with Gasteiger partial charge in [-0.25, -0.2) is 0 Å². The summed E-state index contributed by atoms with van der Waals surface area (Å²) in [5, 5.41) is 2.70. The van der Waals surface area contributed by atoms with Crippen LogP contribution in [-0.4, -0.2) is 17.9 Å². The number of hydrogen-bond donors (Lipinski definition) is 2. The fourth-order valence-electron chi connectivity index (χ4n) is 1.80. The molecule has 1 saturated carbocycles. The standard InChI is InChI=1S/C13H15BrN2O2/c14-10-3-1-2-9(7-10)13(18)16-11(12(15)17)6-8-4-5-8/h1-3,7-8,11H,4-6H2,(H2,15,17)(H,16,18)/t11-/m0/s1. The summed E-state index contributed by atoms with van der Waals surface area (Å²) in [5.74, 6) is -0.198. The first-order chi connectivity index (χ1) is 8.56. The Kier molecular flexibility index (Phi) is 4.01. The van der Waals surface area contributed by atoms with Crippen LogP contribution in [0.1, 0.15) is 29.6 Å². The van der Waals surface area contributed by atoms with Gasteiger partial charge in [-0.15, -0.1) is 0 Å². The van der Waals surface area contributed by atoms with Gasteiger partial charge in [0.15, 0.2) is 0 Å². The van der Waals surface area contributed by atoms with E-state index < -0.39 is 11.9 Å². The highest BCUT2D eigenvalue weighted by Crippen LogP contribution is 2.33. The zero-order chi connectivity index (χ0) is 13.1. The molecule has 4 nitrogen and oxygen atoms in total. The first-order valence-electron chi connectivity index (χ1n) is 5.92. The van der Waals surface area contributed by atoms with Crippen molar-refractivity contribution in [3.8, 4) is 0 Å². The highest BCUT2D eigenvalue weighted by molar-refractivity contribution is 9.10. The molecule has 5 heteroatoms. The van der Waals surface area contributed by atoms with E-state index in [0.29, 0.717) is 17.9 Å². The van der Waals surface area contributed by atoms with Gasteiger partial charge in [0.2, 0.25) is 5.91 Å². The Hall–Kier alpha value is -1.36. The number of carbonyl (C=O) groups excluding carboxylic acids is 2. The van der Waals surface area contributed by atoms with Crippen LogP contribution >= 0.6 is 15.9 Å². The Morgan fingerprint density at radius 1 is 1.44 bits per heavy atom. The molecule has 1 aliphatic carbocycles. The third-order valence-corrected chi connectivity index (χ3v) is 3.49. The maximum Gasteiger partial charge on any atom is 0.251 e. The van der Waals surface area contributed by atoms with E-state index in [4.69, 9.17) is 5.73 Å². The van der Waals surface area contributed by atoms with Crippen molar-refractivity contribution in [1.29, 1.82) is 0 Å². The number of halogens is 1. The lowest BCUT2D eigenvalue weighted by Crippen LogP contribution is -2.44. The monoisotopic (exact) mass is 310 g/mol. The van der Waals surface area contributed by atoms with Crippen LogP contribution in [0.3, 0.4) is 0 Å². The van der Waals surface area contributed by atoms with Crippen molar-refractivity contribution in [3.05, 3.63) is 34.3 Å². The van der Waals surface area contributed by atoms with Gasteiger partial charge in [-0.2, -0.15) is 0 Å². The fraction of sp³-hybridized carbons (Fsp3) is 0.385. The van der Waals surface area contributed by atoms with Crippen molar-refractivity contribution >= 4 is 27.7 Å². The molecule has 1 aromatic carbocycles. The van der Waals surface area contributed by atoms with Gasteiger partial charge < -0.3 is 11.1 Å². The SMILES string of the molecule is NC(=O)[C@H](CC1CC1)NC(=O)c1cccc(Br)c1. The van der Waals surface area contributed by atoms with Gasteiger partial charge in [-0.05, 0) is 30.5 Å². The van der Waals surface area contributed by atoms with Gasteiger partial charge in [-0.3, -0.25) is 9.59 Å². The number of primary amides is 1. The molecule has 0 aliphatic heterocycles. The Morgan fingerprint density at radius 3 is 2.72 bits per heavy atom. The van der Waals surface area contributed by atoms with Gasteiger partial charge in [0, 0.05) is 10.0 Å². The molecule has 1 atom stereocenters. The molecule has 18 heavy (non-hydrogen) atoms. The highest BCUT2D eigenvalue weighted by atomic mass is 79.9. The quantitative estimate of drug-likeness (QED) is 0.871. The molecule has 2 amide bonds. The molecule has 0 radical (unpaired) electrons. The Bertz CT molecular complexity index is 472. The molecule has 1 fully saturated rings. The van der Waals surface area contributed by atoms with Gasteiger partial charge in [0.1, 0.15) is 6.04 Å². The normalized spacial score (nSPS) is 16.1. The molecule has 0 saturated heterocycles. The number of hydrogen-bond acceptors (Lipinski definition) is 2. The zero-order valence-corrected chi connectivity index (χ0v) is 11.4. The minimum absolute atomic E-state index is 0.263. The third kappa shape index (κ3) is 3.57. The van der Waals surface area contributed by atoms with Crippen LogP contribution in [0.4, 0.5) is 0 Å². The maximum atomic E-state index is 12.0. The van der Waals surface area contributed by atoms with Crippen LogP contribution < -0.4 is 11.1 Å². The molecule has 96 valence electrons. The summed E-state index contributed by atoms with van der Waals surface area (Å²) in [5.41, 5.74) is 5.83. The van der Waals surface area contributed by atoms with E-state index in [0.717, 1.165) is 17.3 Å². The summed E-state index contributed by atoms with van der Waals surface area (Å²) in [6, 6.07) is 6.47. The molecule has 0 bridgehead atoms. The lowest BCUT2D eigenvalue weighted by atomic mass is 10.1. The van der Waals surface area contributed by atoms with Crippen LogP contribution in [0.2, 0.25) is 0 Å². The summed E-state index contributed by atoms with van der Waals surface area (Å²) in [6.45, 7) is 0. The van der Waals surface area contributed by atoms with Crippen LogP contribution in [-0.2, 0) is 4.79 Å². The van der Waals surface area contributed by atoms with E-state index in [-0.39, 0.29) is 5.91 Å². The first kappa shape index (κ1) is 13.1. The van der Waals surface area contributed by atoms with Gasteiger partial charge in [0.05, 0.1) is 0 Å². The summed E-state index contributed by atoms with van der Waals surface area (Å²) in [4.78, 5) is 23.3. The average molecular weight is 311 g/mol. The largest absolute Gasteiger partial charge is 0.368 e. The minimum atomic E-state index is -0.566. The van der Waals surface area contributed by atoms with E-state index in [9.17, 15) is 9.59 Å². The van der Waals surface area contributed by atoms with E-state index in [1.807, 2.05) is 6.07 Å². The average Bonchev–Trinajstić information content (AvgIpc) is 3.12. The lowest BCUT2D eigenvalue weighted by Gasteiger charge is -2.15. The summed E-state index contributed by atoms with van der Waals surface area (Å²) >= 11 is 3.30. The summed E-state index contributed by atoms with van der Waals surface area (Å²) < 4.78 is 0.827. The van der Waals surface area contributed by atoms with E-state index in [1.165, 1.54) is 0 Å². The predicted octanol–water partition coefficient (Wildman–Crippen LogP) is 1.83. The van der Waals surface area contributed by atoms with Crippen molar-refractivity contribution in [2.45, 2.75) is 25.3 Å². The Labute approximate surface area is 114 Å². The van der Waals surface area contributed by atoms with Crippen LogP contribution in [0.5, 0.6) is 0 Å². The fourth-order valence-corrected chi connectivity index (χ4v) is 2.20. The Balaban J connectivity index is 2.01. The molecule has 1 aliphatic rings. The number of benzene rings is 1. The van der Waals surface area contributed by atoms with Crippen molar-refractivity contribution < 1.29 is 9.59 Å². The highest BCUT2D eigenvalue weighted by Gasteiger charge is 2.29. The summed E-state index contributed by atoms with van der Waals surface area (Å²) in [7, 11) is 0. The van der Waals surface area contributed by atoms with Gasteiger partial charge in [-0.1, -0.05) is 34.8 Å². The van der Waals surface area contributed by atoms with Gasteiger partial charge in [0.25, 0.3) is 5.91 Å². The van der Waals surface area contributed by atoms with Crippen LogP contribution in [0.15, 0.2) is 28.7 Å². The number of rotatable bonds is 5. The molecular formula is C13H15BrN2O2. The first-order valence-corrected chi connectivity index (χ1v) is 6.71. The van der Waals surface area contributed by atoms with Crippen molar-refractivity contribution in [2.24, 2.45) is 11.7 Å². The van der Waals surface area contributed by atoms with E-state index >= 15 is 0 Å². The third-order valence-electron chi connectivity index (χ3n) is 3.00. The van der Waals surface area contributed by atoms with Crippen LogP contribution in [0, 0.1) is 5.92 Å². The number of nitrogens with two attached hydrogens (primary N) is 1. The number of nitrogens with one attached hydrogen (secondary N) is 1. The lowest BCUT2D eigenvalue weighted by molar-refractivity contribution is -0.120. The molecule has 2 rings (SSSR count). The second-order valence-electron chi connectivity index (χ2n) is 4.62. The van der Waals surface area contributed by atoms with E-state index in [1.54, 1.807) is 18.2 Å². The second kappa shape index (κ2) is 5.52. The molecule has 3 N–H and O–H groups in total.